The van der Waals surface area contributed by atoms with Gasteiger partial charge in [0, 0.05) is 5.69 Å². The Balaban J connectivity index is 1.53. The molecule has 1 heterocycles. The number of ether oxygens (including phenoxy) is 1. The number of benzene rings is 3. The van der Waals surface area contributed by atoms with Gasteiger partial charge in [0.05, 0.1) is 18.2 Å². The minimum atomic E-state index is -0.342. The number of hydrogen-bond acceptors (Lipinski definition) is 7. The number of nitrogens with one attached hydrogen (secondary N) is 2. The van der Waals surface area contributed by atoms with Crippen molar-refractivity contribution in [3.63, 3.8) is 0 Å². The SMILES string of the molecule is CC(C)COC(=O)c1ccc(Nc2ncnc(NC(c3ccccc3)c3ccccc3)c2N)cc1. The minimum absolute atomic E-state index is 0.140. The van der Waals surface area contributed by atoms with Crippen molar-refractivity contribution < 1.29 is 9.53 Å². The smallest absolute Gasteiger partial charge is 0.338 e. The van der Waals surface area contributed by atoms with E-state index in [1.54, 1.807) is 24.3 Å². The molecule has 178 valence electrons. The quantitative estimate of drug-likeness (QED) is 0.267. The van der Waals surface area contributed by atoms with Crippen LogP contribution in [0.5, 0.6) is 0 Å². The fourth-order valence-electron chi connectivity index (χ4n) is 3.55. The molecule has 0 unspecified atom stereocenters. The molecule has 0 radical (unpaired) electrons. The highest BCUT2D eigenvalue weighted by atomic mass is 16.5. The van der Waals surface area contributed by atoms with Gasteiger partial charge in [-0.1, -0.05) is 74.5 Å². The van der Waals surface area contributed by atoms with E-state index >= 15 is 0 Å². The van der Waals surface area contributed by atoms with Gasteiger partial charge in [0.15, 0.2) is 11.6 Å². The summed E-state index contributed by atoms with van der Waals surface area (Å²) >= 11 is 0. The largest absolute Gasteiger partial charge is 0.462 e. The second-order valence-electron chi connectivity index (χ2n) is 8.58. The van der Waals surface area contributed by atoms with Crippen LogP contribution in [0.25, 0.3) is 0 Å². The number of nitrogen functional groups attached to an aromatic ring is 1. The molecular formula is C28H29N5O2. The predicted octanol–water partition coefficient (Wildman–Crippen LogP) is 5.82. The molecule has 0 amide bonds. The van der Waals surface area contributed by atoms with Gasteiger partial charge in [-0.05, 0) is 41.3 Å². The van der Waals surface area contributed by atoms with Crippen LogP contribution in [0.4, 0.5) is 23.0 Å². The van der Waals surface area contributed by atoms with Gasteiger partial charge in [-0.2, -0.15) is 0 Å². The molecule has 0 aliphatic heterocycles. The monoisotopic (exact) mass is 467 g/mol. The van der Waals surface area contributed by atoms with Gasteiger partial charge < -0.3 is 21.1 Å². The van der Waals surface area contributed by atoms with Gasteiger partial charge >= 0.3 is 5.97 Å². The molecule has 4 aromatic rings. The molecule has 0 aliphatic rings. The van der Waals surface area contributed by atoms with Gasteiger partial charge in [-0.15, -0.1) is 0 Å². The van der Waals surface area contributed by atoms with E-state index in [1.807, 2.05) is 50.2 Å². The van der Waals surface area contributed by atoms with E-state index in [2.05, 4.69) is 44.9 Å². The Morgan fingerprint density at radius 2 is 1.43 bits per heavy atom. The first kappa shape index (κ1) is 23.8. The zero-order chi connectivity index (χ0) is 24.6. The van der Waals surface area contributed by atoms with Crippen LogP contribution in [0, 0.1) is 5.92 Å². The molecule has 3 aromatic carbocycles. The Morgan fingerprint density at radius 1 is 0.857 bits per heavy atom. The number of carbonyl (C=O) groups excluding carboxylic acids is 1. The number of anilines is 4. The van der Waals surface area contributed by atoms with Crippen LogP contribution in [0.1, 0.15) is 41.4 Å². The molecule has 0 spiro atoms. The first-order valence-electron chi connectivity index (χ1n) is 11.5. The lowest BCUT2D eigenvalue weighted by Crippen LogP contribution is -2.15. The third-order valence-corrected chi connectivity index (χ3v) is 5.36. The van der Waals surface area contributed by atoms with Crippen molar-refractivity contribution in [1.29, 1.82) is 0 Å². The van der Waals surface area contributed by atoms with E-state index in [0.29, 0.717) is 29.5 Å². The summed E-state index contributed by atoms with van der Waals surface area (Å²) in [5.74, 6) is 0.935. The second-order valence-corrected chi connectivity index (χ2v) is 8.58. The highest BCUT2D eigenvalue weighted by molar-refractivity contribution is 5.90. The molecule has 0 saturated heterocycles. The third-order valence-electron chi connectivity index (χ3n) is 5.36. The highest BCUT2D eigenvalue weighted by Crippen LogP contribution is 2.31. The van der Waals surface area contributed by atoms with E-state index in [9.17, 15) is 4.79 Å². The average molecular weight is 468 g/mol. The van der Waals surface area contributed by atoms with E-state index in [1.165, 1.54) is 6.33 Å². The minimum Gasteiger partial charge on any atom is -0.462 e. The number of rotatable bonds is 9. The molecule has 4 rings (SSSR count). The lowest BCUT2D eigenvalue weighted by molar-refractivity contribution is 0.0459. The van der Waals surface area contributed by atoms with E-state index in [-0.39, 0.29) is 17.9 Å². The Kier molecular flexibility index (Phi) is 7.57. The maximum atomic E-state index is 12.2. The number of nitrogens with two attached hydrogens (primary N) is 1. The molecule has 0 atom stereocenters. The second kappa shape index (κ2) is 11.2. The lowest BCUT2D eigenvalue weighted by atomic mass is 9.99. The topological polar surface area (TPSA) is 102 Å². The van der Waals surface area contributed by atoms with Gasteiger partial charge in [0.2, 0.25) is 0 Å². The van der Waals surface area contributed by atoms with Crippen LogP contribution in [-0.4, -0.2) is 22.5 Å². The molecule has 0 saturated carbocycles. The van der Waals surface area contributed by atoms with E-state index < -0.39 is 0 Å². The molecule has 7 nitrogen and oxygen atoms in total. The fraction of sp³-hybridized carbons (Fsp3) is 0.179. The number of carbonyl (C=O) groups is 1. The van der Waals surface area contributed by atoms with E-state index in [4.69, 9.17) is 10.5 Å². The van der Waals surface area contributed by atoms with Gasteiger partial charge in [-0.3, -0.25) is 0 Å². The van der Waals surface area contributed by atoms with Crippen molar-refractivity contribution >= 4 is 29.0 Å². The summed E-state index contributed by atoms with van der Waals surface area (Å²) in [5, 5.41) is 6.69. The van der Waals surface area contributed by atoms with Crippen LogP contribution in [0.2, 0.25) is 0 Å². The molecule has 0 bridgehead atoms. The summed E-state index contributed by atoms with van der Waals surface area (Å²) in [6.45, 7) is 4.38. The van der Waals surface area contributed by atoms with Gasteiger partial charge in [-0.25, -0.2) is 14.8 Å². The average Bonchev–Trinajstić information content (AvgIpc) is 2.89. The van der Waals surface area contributed by atoms with Crippen molar-refractivity contribution in [1.82, 2.24) is 9.97 Å². The predicted molar refractivity (Wildman–Crippen MR) is 140 cm³/mol. The van der Waals surface area contributed by atoms with Crippen molar-refractivity contribution in [2.75, 3.05) is 23.0 Å². The van der Waals surface area contributed by atoms with Crippen LogP contribution in [0.15, 0.2) is 91.3 Å². The molecule has 7 heteroatoms. The standard InChI is InChI=1S/C28H29N5O2/c1-19(2)17-35-28(34)22-13-15-23(16-14-22)32-26-24(29)27(31-18-30-26)33-25(20-9-5-3-6-10-20)21-11-7-4-8-12-21/h3-16,18-19,25H,17,29H2,1-2H3,(H2,30,31,32,33). The van der Waals surface area contributed by atoms with Crippen molar-refractivity contribution in [3.05, 3.63) is 108 Å². The van der Waals surface area contributed by atoms with Crippen LogP contribution < -0.4 is 16.4 Å². The summed E-state index contributed by atoms with van der Waals surface area (Å²) < 4.78 is 5.28. The van der Waals surface area contributed by atoms with Crippen molar-refractivity contribution in [2.24, 2.45) is 5.92 Å². The zero-order valence-corrected chi connectivity index (χ0v) is 19.8. The maximum absolute atomic E-state index is 12.2. The summed E-state index contributed by atoms with van der Waals surface area (Å²) in [4.78, 5) is 20.9. The first-order chi connectivity index (χ1) is 17.0. The Hall–Kier alpha value is -4.39. The van der Waals surface area contributed by atoms with Crippen LogP contribution in [0.3, 0.4) is 0 Å². The molecule has 0 aliphatic carbocycles. The molecule has 0 fully saturated rings. The number of nitrogens with zero attached hydrogens (tertiary/aromatic N) is 2. The summed E-state index contributed by atoms with van der Waals surface area (Å²) in [7, 11) is 0. The van der Waals surface area contributed by atoms with Crippen molar-refractivity contribution in [2.45, 2.75) is 19.9 Å². The Labute approximate surface area is 205 Å². The zero-order valence-electron chi connectivity index (χ0n) is 19.8. The molecule has 35 heavy (non-hydrogen) atoms. The van der Waals surface area contributed by atoms with Crippen molar-refractivity contribution in [3.8, 4) is 0 Å². The normalized spacial score (nSPS) is 10.9. The van der Waals surface area contributed by atoms with Crippen LogP contribution in [-0.2, 0) is 4.74 Å². The number of hydrogen-bond donors (Lipinski definition) is 3. The fourth-order valence-corrected chi connectivity index (χ4v) is 3.55. The summed E-state index contributed by atoms with van der Waals surface area (Å²) in [6, 6.07) is 27.1. The summed E-state index contributed by atoms with van der Waals surface area (Å²) in [6.07, 6.45) is 1.46. The molecule has 4 N–H and O–H groups in total. The van der Waals surface area contributed by atoms with Gasteiger partial charge in [0.1, 0.15) is 12.0 Å². The van der Waals surface area contributed by atoms with Crippen LogP contribution >= 0.6 is 0 Å². The Morgan fingerprint density at radius 3 is 2.00 bits per heavy atom. The molecule has 1 aromatic heterocycles. The first-order valence-corrected chi connectivity index (χ1v) is 11.5. The maximum Gasteiger partial charge on any atom is 0.338 e. The molecular weight excluding hydrogens is 438 g/mol. The summed E-state index contributed by atoms with van der Waals surface area (Å²) in [5.41, 5.74) is 10.3. The van der Waals surface area contributed by atoms with E-state index in [0.717, 1.165) is 16.8 Å². The Bertz CT molecular complexity index is 1210. The highest BCUT2D eigenvalue weighted by Gasteiger charge is 2.17. The van der Waals surface area contributed by atoms with Gasteiger partial charge in [0.25, 0.3) is 0 Å². The lowest BCUT2D eigenvalue weighted by Gasteiger charge is -2.22. The number of esters is 1. The third kappa shape index (κ3) is 6.14. The number of aromatic nitrogens is 2.